The van der Waals surface area contributed by atoms with Gasteiger partial charge in [-0.1, -0.05) is 23.7 Å². The molecule has 2 heterocycles. The highest BCUT2D eigenvalue weighted by Crippen LogP contribution is 2.30. The van der Waals surface area contributed by atoms with E-state index in [0.29, 0.717) is 12.1 Å². The Morgan fingerprint density at radius 1 is 1.33 bits per heavy atom. The molecule has 1 aromatic carbocycles. The number of amides is 1. The summed E-state index contributed by atoms with van der Waals surface area (Å²) in [4.78, 5) is 16.3. The zero-order valence-corrected chi connectivity index (χ0v) is 15.9. The number of rotatable bonds is 6. The lowest BCUT2D eigenvalue weighted by Crippen LogP contribution is -2.24. The van der Waals surface area contributed by atoms with E-state index in [2.05, 4.69) is 10.1 Å². The highest BCUT2D eigenvalue weighted by Gasteiger charge is 2.26. The van der Waals surface area contributed by atoms with Crippen molar-refractivity contribution in [1.82, 2.24) is 14.8 Å². The number of nitrogens with zero attached hydrogens (tertiary/aromatic N) is 3. The molecule has 3 aromatic rings. The first-order chi connectivity index (χ1) is 12.9. The topological polar surface area (TPSA) is 73.8 Å². The van der Waals surface area contributed by atoms with Crippen molar-refractivity contribution in [3.63, 3.8) is 0 Å². The minimum atomic E-state index is -0.601. The molecule has 140 valence electrons. The molecular weight excluding hydrogens is 367 g/mol. The van der Waals surface area contributed by atoms with E-state index < -0.39 is 17.6 Å². The Morgan fingerprint density at radius 3 is 2.74 bits per heavy atom. The second-order valence-corrected chi connectivity index (χ2v) is 6.91. The summed E-state index contributed by atoms with van der Waals surface area (Å²) in [6.45, 7) is 4.31. The highest BCUT2D eigenvalue weighted by atomic mass is 35.5. The van der Waals surface area contributed by atoms with E-state index in [-0.39, 0.29) is 11.4 Å². The van der Waals surface area contributed by atoms with Crippen molar-refractivity contribution in [2.24, 2.45) is 5.73 Å². The lowest BCUT2D eigenvalue weighted by Gasteiger charge is -2.16. The van der Waals surface area contributed by atoms with Gasteiger partial charge in [0.25, 0.3) is 0 Å². The van der Waals surface area contributed by atoms with E-state index in [4.69, 9.17) is 17.3 Å². The van der Waals surface area contributed by atoms with Gasteiger partial charge < -0.3 is 5.73 Å². The number of carbonyl (C=O) groups excluding carboxylic acids is 1. The number of hydrogen-bond donors (Lipinski definition) is 1. The Kier molecular flexibility index (Phi) is 5.56. The van der Waals surface area contributed by atoms with Gasteiger partial charge >= 0.3 is 0 Å². The third-order valence-electron chi connectivity index (χ3n) is 4.62. The third-order valence-corrected chi connectivity index (χ3v) is 4.98. The summed E-state index contributed by atoms with van der Waals surface area (Å²) in [5.41, 5.74) is 9.74. The van der Waals surface area contributed by atoms with Crippen LogP contribution in [-0.2, 0) is 17.8 Å². The Hall–Kier alpha value is -2.73. The van der Waals surface area contributed by atoms with Crippen LogP contribution in [0.2, 0.25) is 5.02 Å². The molecule has 0 saturated heterocycles. The molecule has 1 amide bonds. The maximum absolute atomic E-state index is 13.3. The largest absolute Gasteiger partial charge is 0.369 e. The van der Waals surface area contributed by atoms with Crippen molar-refractivity contribution in [1.29, 1.82) is 0 Å². The van der Waals surface area contributed by atoms with Gasteiger partial charge in [-0.2, -0.15) is 5.10 Å². The van der Waals surface area contributed by atoms with Crippen LogP contribution in [0, 0.1) is 19.7 Å². The fourth-order valence-corrected chi connectivity index (χ4v) is 3.53. The van der Waals surface area contributed by atoms with Crippen LogP contribution in [0.1, 0.15) is 34.0 Å². The minimum absolute atomic E-state index is 0.277. The first-order valence-electron chi connectivity index (χ1n) is 8.53. The number of nitrogens with two attached hydrogens (primary N) is 1. The van der Waals surface area contributed by atoms with Crippen molar-refractivity contribution < 1.29 is 9.18 Å². The zero-order chi connectivity index (χ0) is 19.6. The molecule has 0 bridgehead atoms. The molecule has 1 unspecified atom stereocenters. The highest BCUT2D eigenvalue weighted by molar-refractivity contribution is 6.31. The molecule has 0 saturated carbocycles. The summed E-state index contributed by atoms with van der Waals surface area (Å²) < 4.78 is 15.1. The molecular formula is C20H20ClFN4O. The van der Waals surface area contributed by atoms with Gasteiger partial charge in [-0.05, 0) is 49.6 Å². The van der Waals surface area contributed by atoms with Crippen molar-refractivity contribution in [2.75, 3.05) is 0 Å². The van der Waals surface area contributed by atoms with Gasteiger partial charge in [0.15, 0.2) is 0 Å². The molecule has 3 rings (SSSR count). The van der Waals surface area contributed by atoms with E-state index in [1.54, 1.807) is 18.5 Å². The van der Waals surface area contributed by atoms with Crippen LogP contribution in [0.25, 0.3) is 0 Å². The second kappa shape index (κ2) is 7.88. The molecule has 5 nitrogen and oxygen atoms in total. The maximum Gasteiger partial charge on any atom is 0.225 e. The smallest absolute Gasteiger partial charge is 0.225 e. The van der Waals surface area contributed by atoms with E-state index in [9.17, 15) is 9.18 Å². The molecule has 1 atom stereocenters. The van der Waals surface area contributed by atoms with Crippen LogP contribution >= 0.6 is 11.6 Å². The van der Waals surface area contributed by atoms with Crippen LogP contribution in [0.4, 0.5) is 4.39 Å². The van der Waals surface area contributed by atoms with Gasteiger partial charge in [0, 0.05) is 28.7 Å². The van der Waals surface area contributed by atoms with Crippen LogP contribution in [0.3, 0.4) is 0 Å². The van der Waals surface area contributed by atoms with E-state index in [1.165, 1.54) is 12.1 Å². The predicted molar refractivity (Wildman–Crippen MR) is 102 cm³/mol. The molecule has 7 heteroatoms. The molecule has 0 aliphatic carbocycles. The van der Waals surface area contributed by atoms with E-state index >= 15 is 0 Å². The average molecular weight is 387 g/mol. The molecule has 0 spiro atoms. The number of halogens is 2. The van der Waals surface area contributed by atoms with E-state index in [0.717, 1.165) is 22.5 Å². The van der Waals surface area contributed by atoms with Gasteiger partial charge in [0.2, 0.25) is 5.91 Å². The molecule has 0 fully saturated rings. The number of carbonyl (C=O) groups is 1. The number of aryl methyl sites for hydroxylation is 1. The lowest BCUT2D eigenvalue weighted by atomic mass is 9.90. The SMILES string of the molecule is Cc1nn(Cc2cccnc2)c(C)c1C(Cc1ccc(F)cc1Cl)C(N)=O. The van der Waals surface area contributed by atoms with Crippen molar-refractivity contribution in [2.45, 2.75) is 32.7 Å². The Labute approximate surface area is 162 Å². The monoisotopic (exact) mass is 386 g/mol. The van der Waals surface area contributed by atoms with Crippen molar-refractivity contribution >= 4 is 17.5 Å². The maximum atomic E-state index is 13.3. The minimum Gasteiger partial charge on any atom is -0.369 e. The van der Waals surface area contributed by atoms with Gasteiger partial charge in [0.05, 0.1) is 18.2 Å². The Morgan fingerprint density at radius 2 is 2.11 bits per heavy atom. The number of pyridine rings is 1. The van der Waals surface area contributed by atoms with Crippen molar-refractivity contribution in [3.05, 3.63) is 81.6 Å². The molecule has 2 N–H and O–H groups in total. The lowest BCUT2D eigenvalue weighted by molar-refractivity contribution is -0.119. The molecule has 0 aliphatic rings. The summed E-state index contributed by atoms with van der Waals surface area (Å²) in [5.74, 6) is -1.49. The standard InChI is InChI=1S/C20H20ClFN4O/c1-12-19(13(2)26(25-12)11-14-4-3-7-24-10-14)17(20(23)27)8-15-5-6-16(22)9-18(15)21/h3-7,9-10,17H,8,11H2,1-2H3,(H2,23,27). The Bertz CT molecular complexity index is 972. The molecule has 0 aliphatic heterocycles. The first kappa shape index (κ1) is 19.0. The number of hydrogen-bond acceptors (Lipinski definition) is 3. The van der Waals surface area contributed by atoms with Crippen LogP contribution < -0.4 is 5.73 Å². The fourth-order valence-electron chi connectivity index (χ4n) is 3.29. The third kappa shape index (κ3) is 4.17. The second-order valence-electron chi connectivity index (χ2n) is 6.50. The summed E-state index contributed by atoms with van der Waals surface area (Å²) in [6, 6.07) is 7.97. The Balaban J connectivity index is 1.95. The van der Waals surface area contributed by atoms with Crippen LogP contribution in [0.15, 0.2) is 42.7 Å². The van der Waals surface area contributed by atoms with Crippen LogP contribution in [-0.4, -0.2) is 20.7 Å². The predicted octanol–water partition coefficient (Wildman–Crippen LogP) is 3.55. The van der Waals surface area contributed by atoms with Gasteiger partial charge in [-0.3, -0.25) is 14.5 Å². The normalized spacial score (nSPS) is 12.1. The summed E-state index contributed by atoms with van der Waals surface area (Å²) in [7, 11) is 0. The summed E-state index contributed by atoms with van der Waals surface area (Å²) in [6.07, 6.45) is 3.78. The van der Waals surface area contributed by atoms with Gasteiger partial charge in [-0.25, -0.2) is 4.39 Å². The zero-order valence-electron chi connectivity index (χ0n) is 15.1. The molecule has 0 radical (unpaired) electrons. The van der Waals surface area contributed by atoms with E-state index in [1.807, 2.05) is 30.7 Å². The first-order valence-corrected chi connectivity index (χ1v) is 8.90. The number of benzene rings is 1. The average Bonchev–Trinajstić information content (AvgIpc) is 2.89. The fraction of sp³-hybridized carbons (Fsp3) is 0.250. The number of primary amides is 1. The molecule has 2 aromatic heterocycles. The summed E-state index contributed by atoms with van der Waals surface area (Å²) in [5, 5.41) is 4.85. The van der Waals surface area contributed by atoms with Crippen molar-refractivity contribution in [3.8, 4) is 0 Å². The molecule has 27 heavy (non-hydrogen) atoms. The van der Waals surface area contributed by atoms with Gasteiger partial charge in [-0.15, -0.1) is 0 Å². The summed E-state index contributed by atoms with van der Waals surface area (Å²) >= 11 is 6.14. The quantitative estimate of drug-likeness (QED) is 0.704. The number of aromatic nitrogens is 3. The van der Waals surface area contributed by atoms with Gasteiger partial charge in [0.1, 0.15) is 5.82 Å². The van der Waals surface area contributed by atoms with Crippen LogP contribution in [0.5, 0.6) is 0 Å².